The highest BCUT2D eigenvalue weighted by molar-refractivity contribution is 6.31. The van der Waals surface area contributed by atoms with Gasteiger partial charge in [0.2, 0.25) is 0 Å². The number of aliphatic carboxylic acids is 1. The number of hydrogen-bond acceptors (Lipinski definition) is 15. The number of carbonyl (C=O) groups is 1. The summed E-state index contributed by atoms with van der Waals surface area (Å²) in [6, 6.07) is 45.6. The molecule has 7 aromatic rings. The lowest BCUT2D eigenvalue weighted by Crippen LogP contribution is -2.50. The van der Waals surface area contributed by atoms with Crippen LogP contribution in [0.4, 0.5) is 0 Å². The molecule has 8 rings (SSSR count). The highest BCUT2D eigenvalue weighted by Gasteiger charge is 2.52. The van der Waals surface area contributed by atoms with Crippen LogP contribution in [0.3, 0.4) is 0 Å². The minimum Gasteiger partial charge on any atom is -0.476 e. The number of benzene rings is 5. The summed E-state index contributed by atoms with van der Waals surface area (Å²) in [5.41, 5.74) is 3.05. The Morgan fingerprint density at radius 3 is 2.00 bits per heavy atom. The van der Waals surface area contributed by atoms with Gasteiger partial charge in [-0.2, -0.15) is 0 Å². The number of nitrogens with one attached hydrogen (secondary N) is 1. The first-order chi connectivity index (χ1) is 33.5. The lowest BCUT2D eigenvalue weighted by molar-refractivity contribution is -0.790. The molecule has 1 aliphatic heterocycles. The van der Waals surface area contributed by atoms with Gasteiger partial charge >= 0.3 is 11.8 Å². The Kier molecular flexibility index (Phi) is 14.1. The summed E-state index contributed by atoms with van der Waals surface area (Å²) in [7, 11) is 0. The van der Waals surface area contributed by atoms with E-state index >= 15 is 0 Å². The summed E-state index contributed by atoms with van der Waals surface area (Å²) in [6.07, 6.45) is -0.0404. The summed E-state index contributed by atoms with van der Waals surface area (Å²) in [6.45, 7) is 1.19. The normalized spacial score (nSPS) is 15.1. The van der Waals surface area contributed by atoms with Gasteiger partial charge in [0.1, 0.15) is 23.4 Å². The number of nitrogens with zero attached hydrogens (tertiary/aromatic N) is 7. The summed E-state index contributed by atoms with van der Waals surface area (Å²) >= 11 is 6.72. The topological polar surface area (TPSA) is 244 Å². The van der Waals surface area contributed by atoms with Crippen molar-refractivity contribution in [2.45, 2.75) is 69.3 Å². The van der Waals surface area contributed by atoms with Crippen LogP contribution in [0.25, 0.3) is 22.5 Å². The molecular formula is C49H45ClN8O11. The van der Waals surface area contributed by atoms with Crippen LogP contribution in [0, 0.1) is 20.2 Å². The van der Waals surface area contributed by atoms with Crippen LogP contribution in [0.15, 0.2) is 164 Å². The number of hydrogen-bond donors (Lipinski definition) is 2. The van der Waals surface area contributed by atoms with Crippen LogP contribution in [-0.2, 0) is 38.6 Å². The van der Waals surface area contributed by atoms with Crippen LogP contribution >= 0.6 is 11.6 Å². The number of carboxylic acids is 1. The molecule has 2 aromatic heterocycles. The van der Waals surface area contributed by atoms with Gasteiger partial charge in [-0.3, -0.25) is 0 Å². The summed E-state index contributed by atoms with van der Waals surface area (Å²) in [5.74, 6) is -1.93. The molecule has 0 saturated carbocycles. The minimum atomic E-state index is -1.54. The average Bonchev–Trinajstić information content (AvgIpc) is 4.07. The second-order valence-electron chi connectivity index (χ2n) is 16.2. The predicted molar refractivity (Wildman–Crippen MR) is 249 cm³/mol. The van der Waals surface area contributed by atoms with Crippen molar-refractivity contribution in [2.24, 2.45) is 0 Å². The van der Waals surface area contributed by atoms with E-state index in [1.54, 1.807) is 0 Å². The van der Waals surface area contributed by atoms with Crippen molar-refractivity contribution in [1.29, 1.82) is 0 Å². The molecule has 2 unspecified atom stereocenters. The third-order valence-corrected chi connectivity index (χ3v) is 12.3. The molecule has 3 heterocycles. The van der Waals surface area contributed by atoms with E-state index in [4.69, 9.17) is 25.6 Å². The van der Waals surface area contributed by atoms with E-state index in [0.717, 1.165) is 33.4 Å². The molecule has 354 valence electrons. The van der Waals surface area contributed by atoms with Crippen LogP contribution in [-0.4, -0.2) is 59.1 Å². The Bertz CT molecular complexity index is 2900. The van der Waals surface area contributed by atoms with Crippen molar-refractivity contribution in [3.05, 3.63) is 215 Å². The molecule has 0 amide bonds. The fraction of sp³-hybridized carbons (Fsp3) is 0.245. The molecule has 0 radical (unpaired) electrons. The number of halogens is 1. The fourth-order valence-corrected chi connectivity index (χ4v) is 9.40. The Morgan fingerprint density at radius 1 is 0.841 bits per heavy atom. The van der Waals surface area contributed by atoms with Crippen molar-refractivity contribution in [1.82, 2.24) is 30.4 Å². The van der Waals surface area contributed by atoms with E-state index in [1.165, 1.54) is 4.90 Å². The number of carboxylic acid groups (broad SMARTS) is 1. The second-order valence-corrected chi connectivity index (χ2v) is 16.6. The third-order valence-electron chi connectivity index (χ3n) is 12.0. The van der Waals surface area contributed by atoms with E-state index < -0.39 is 45.9 Å². The van der Waals surface area contributed by atoms with Crippen LogP contribution in [0.2, 0.25) is 0 Å². The molecule has 0 aliphatic carbocycles. The monoisotopic (exact) mass is 956 g/mol. The second kappa shape index (κ2) is 20.7. The maximum atomic E-state index is 13.0. The zero-order valence-electron chi connectivity index (χ0n) is 37.1. The van der Waals surface area contributed by atoms with Gasteiger partial charge in [0.15, 0.2) is 28.7 Å². The van der Waals surface area contributed by atoms with E-state index in [-0.39, 0.29) is 54.6 Å². The van der Waals surface area contributed by atoms with Gasteiger partial charge < -0.3 is 33.8 Å². The van der Waals surface area contributed by atoms with Crippen molar-refractivity contribution in [3.8, 4) is 22.5 Å². The number of rotatable bonds is 22. The highest BCUT2D eigenvalue weighted by atomic mass is 35.5. The molecule has 0 spiro atoms. The Labute approximate surface area is 398 Å². The first kappa shape index (κ1) is 47.2. The van der Waals surface area contributed by atoms with Crippen LogP contribution < -0.4 is 11.1 Å². The molecule has 20 heteroatoms. The highest BCUT2D eigenvalue weighted by Crippen LogP contribution is 2.46. The lowest BCUT2D eigenvalue weighted by atomic mass is 9.77. The number of tetrazole rings is 1. The van der Waals surface area contributed by atoms with Gasteiger partial charge in [-0.05, 0) is 69.5 Å². The van der Waals surface area contributed by atoms with E-state index in [1.807, 2.05) is 115 Å². The van der Waals surface area contributed by atoms with Gasteiger partial charge in [0.05, 0.1) is 0 Å². The molecule has 19 nitrogen and oxygen atoms in total. The molecule has 0 fully saturated rings. The maximum absolute atomic E-state index is 13.0. The molecule has 2 N–H and O–H groups in total. The molecule has 1 aliphatic rings. The Balaban J connectivity index is 1.15. The van der Waals surface area contributed by atoms with E-state index in [9.17, 15) is 34.9 Å². The van der Waals surface area contributed by atoms with E-state index in [0.29, 0.717) is 24.2 Å². The van der Waals surface area contributed by atoms with Gasteiger partial charge in [-0.25, -0.2) is 14.3 Å². The quantitative estimate of drug-likeness (QED) is 0.0280. The molecule has 69 heavy (non-hydrogen) atoms. The molecular weight excluding hydrogens is 912 g/mol. The van der Waals surface area contributed by atoms with Crippen molar-refractivity contribution >= 4 is 17.6 Å². The zero-order valence-corrected chi connectivity index (χ0v) is 37.8. The maximum Gasteiger partial charge on any atom is 0.519 e. The predicted octanol–water partition coefficient (Wildman–Crippen LogP) is 8.44. The molecule has 0 bridgehead atoms. The van der Waals surface area contributed by atoms with Crippen LogP contribution in [0.5, 0.6) is 0 Å². The fourth-order valence-electron chi connectivity index (χ4n) is 9.06. The largest absolute Gasteiger partial charge is 0.519 e. The van der Waals surface area contributed by atoms with Gasteiger partial charge in [0.25, 0.3) is 10.2 Å². The van der Waals surface area contributed by atoms with Gasteiger partial charge in [0, 0.05) is 18.5 Å². The van der Waals surface area contributed by atoms with Crippen molar-refractivity contribution < 1.29 is 38.6 Å². The third kappa shape index (κ3) is 9.62. The van der Waals surface area contributed by atoms with Crippen molar-refractivity contribution in [3.63, 3.8) is 0 Å². The molecule has 2 atom stereocenters. The SMILES string of the molecule is CCCCC1(c2oc(=O)oc2CCCC(CO[N+](=O)[O-])O[N+](=O)[O-])NC(Cl)=C(C(=O)O)N1Cc1ccc(-c2ccccc2-c2nnnn2C(c2ccccc2)(c2ccccc2)c2ccccc2)cc1. The number of aryl methyl sites for hydroxylation is 1. The van der Waals surface area contributed by atoms with Gasteiger partial charge in [-0.1, -0.05) is 164 Å². The smallest absolute Gasteiger partial charge is 0.476 e. The molecule has 5 aromatic carbocycles. The number of aromatic nitrogens is 4. The minimum absolute atomic E-state index is 0.0184. The summed E-state index contributed by atoms with van der Waals surface area (Å²) in [4.78, 5) is 58.2. The zero-order chi connectivity index (χ0) is 48.5. The first-order valence-corrected chi connectivity index (χ1v) is 22.4. The lowest BCUT2D eigenvalue weighted by Gasteiger charge is -2.39. The van der Waals surface area contributed by atoms with Crippen LogP contribution in [0.1, 0.15) is 72.8 Å². The van der Waals surface area contributed by atoms with Crippen molar-refractivity contribution in [2.75, 3.05) is 6.61 Å². The summed E-state index contributed by atoms with van der Waals surface area (Å²) < 4.78 is 13.1. The molecule has 0 saturated heterocycles. The van der Waals surface area contributed by atoms with Gasteiger partial charge in [-0.15, -0.1) is 25.3 Å². The Morgan fingerprint density at radius 2 is 1.43 bits per heavy atom. The Hall–Kier alpha value is -8.32. The first-order valence-electron chi connectivity index (χ1n) is 22.0. The average molecular weight is 957 g/mol. The standard InChI is InChI=1S/C49H45ClN8O11/c1-2-3-30-48(43-41(67-47(61)68-43)25-15-22-38(69-58(64)65)32-66-57(62)63)51-44(50)42(46(59)60)55(48)31-33-26-28-34(29-27-33)39-23-13-14-24-40(39)45-52-53-54-56(45)49(35-16-7-4-8-17-35,36-18-9-5-10-19-36)37-20-11-6-12-21-37/h4-14,16-21,23-24,26-29,38,51H,2-3,15,22,25,30-32H2,1H3,(H,59,60). The summed E-state index contributed by atoms with van der Waals surface area (Å²) in [5, 5.41) is 46.9. The number of unbranched alkanes of at least 4 members (excludes halogenated alkanes) is 1. The van der Waals surface area contributed by atoms with E-state index in [2.05, 4.69) is 61.7 Å².